The number of nitrogens with zero attached hydrogens (tertiary/aromatic N) is 3. The van der Waals surface area contributed by atoms with E-state index in [0.717, 1.165) is 0 Å². The van der Waals surface area contributed by atoms with E-state index in [1.165, 1.54) is 18.3 Å². The molecule has 1 heterocycles. The van der Waals surface area contributed by atoms with E-state index in [1.54, 1.807) is 26.8 Å². The molecule has 9 nitrogen and oxygen atoms in total. The molecule has 2 rings (SSSR count). The lowest BCUT2D eigenvalue weighted by Gasteiger charge is -2.05. The fourth-order valence-corrected chi connectivity index (χ4v) is 1.90. The van der Waals surface area contributed by atoms with Crippen molar-refractivity contribution < 1.29 is 9.66 Å². The number of aryl methyl sites for hydroxylation is 1. The van der Waals surface area contributed by atoms with Gasteiger partial charge in [-0.1, -0.05) is 0 Å². The number of hydrazone groups is 1. The Bertz CT molecular complexity index is 844. The Kier molecular flexibility index (Phi) is 5.25. The molecule has 0 amide bonds. The van der Waals surface area contributed by atoms with Crippen LogP contribution in [0.1, 0.15) is 23.7 Å². The normalized spacial score (nSPS) is 10.8. The van der Waals surface area contributed by atoms with E-state index < -0.39 is 4.92 Å². The quantitative estimate of drug-likeness (QED) is 0.475. The van der Waals surface area contributed by atoms with Crippen LogP contribution in [0.3, 0.4) is 0 Å². The zero-order valence-corrected chi connectivity index (χ0v) is 13.5. The zero-order valence-electron chi connectivity index (χ0n) is 13.5. The Labute approximate surface area is 137 Å². The van der Waals surface area contributed by atoms with Crippen molar-refractivity contribution in [3.8, 4) is 5.75 Å². The number of nitrogens with one attached hydrogen (secondary N) is 2. The number of hydrogen-bond donors (Lipinski definition) is 2. The molecule has 0 atom stereocenters. The molecule has 0 bridgehead atoms. The summed E-state index contributed by atoms with van der Waals surface area (Å²) in [6.45, 7) is 5.48. The lowest BCUT2D eigenvalue weighted by atomic mass is 10.2. The molecule has 1 aromatic carbocycles. The smallest absolute Gasteiger partial charge is 0.311 e. The summed E-state index contributed by atoms with van der Waals surface area (Å²) in [7, 11) is 0. The van der Waals surface area contributed by atoms with Gasteiger partial charge in [-0.05, 0) is 32.9 Å². The fraction of sp³-hybridized carbons (Fsp3) is 0.267. The van der Waals surface area contributed by atoms with Crippen LogP contribution in [0.5, 0.6) is 5.75 Å². The van der Waals surface area contributed by atoms with Crippen LogP contribution in [0, 0.1) is 24.0 Å². The summed E-state index contributed by atoms with van der Waals surface area (Å²) in [4.78, 5) is 28.9. The van der Waals surface area contributed by atoms with Crippen LogP contribution in [0.15, 0.2) is 28.1 Å². The van der Waals surface area contributed by atoms with Crippen LogP contribution in [-0.4, -0.2) is 27.7 Å². The van der Waals surface area contributed by atoms with Crippen molar-refractivity contribution in [2.45, 2.75) is 20.8 Å². The van der Waals surface area contributed by atoms with Crippen molar-refractivity contribution in [2.24, 2.45) is 5.10 Å². The second kappa shape index (κ2) is 7.36. The predicted molar refractivity (Wildman–Crippen MR) is 89.8 cm³/mol. The van der Waals surface area contributed by atoms with Gasteiger partial charge in [-0.2, -0.15) is 5.10 Å². The summed E-state index contributed by atoms with van der Waals surface area (Å²) in [6.07, 6.45) is 1.39. The number of aromatic amines is 1. The highest BCUT2D eigenvalue weighted by Crippen LogP contribution is 2.27. The SMILES string of the molecule is CCOc1ccc(/C=N\Nc2nc(C)c(C)c(=O)[nH]2)cc1[N+](=O)[O-]. The maximum Gasteiger partial charge on any atom is 0.311 e. The van der Waals surface area contributed by atoms with Crippen molar-refractivity contribution in [3.63, 3.8) is 0 Å². The number of nitro benzene ring substituents is 1. The third kappa shape index (κ3) is 3.94. The van der Waals surface area contributed by atoms with Crippen LogP contribution in [-0.2, 0) is 0 Å². The predicted octanol–water partition coefficient (Wildman–Crippen LogP) is 2.14. The van der Waals surface area contributed by atoms with E-state index in [-0.39, 0.29) is 22.9 Å². The van der Waals surface area contributed by atoms with Crippen molar-refractivity contribution in [2.75, 3.05) is 12.0 Å². The molecule has 0 unspecified atom stereocenters. The van der Waals surface area contributed by atoms with Gasteiger partial charge >= 0.3 is 5.69 Å². The lowest BCUT2D eigenvalue weighted by molar-refractivity contribution is -0.385. The molecule has 9 heteroatoms. The molecule has 0 saturated heterocycles. The number of nitro groups is 1. The van der Waals surface area contributed by atoms with Gasteiger partial charge in [0.15, 0.2) is 5.75 Å². The Morgan fingerprint density at radius 1 is 1.46 bits per heavy atom. The van der Waals surface area contributed by atoms with Gasteiger partial charge < -0.3 is 4.74 Å². The summed E-state index contributed by atoms with van der Waals surface area (Å²) in [6, 6.07) is 4.51. The average molecular weight is 331 g/mol. The summed E-state index contributed by atoms with van der Waals surface area (Å²) in [5, 5.41) is 15.0. The van der Waals surface area contributed by atoms with Crippen molar-refractivity contribution in [1.82, 2.24) is 9.97 Å². The maximum absolute atomic E-state index is 11.6. The number of benzene rings is 1. The second-order valence-electron chi connectivity index (χ2n) is 4.91. The highest BCUT2D eigenvalue weighted by molar-refractivity contribution is 5.82. The monoisotopic (exact) mass is 331 g/mol. The molecule has 0 aliphatic carbocycles. The molecule has 0 fully saturated rings. The summed E-state index contributed by atoms with van der Waals surface area (Å²) in [5.74, 6) is 0.396. The molecule has 0 aliphatic rings. The fourth-order valence-electron chi connectivity index (χ4n) is 1.90. The Morgan fingerprint density at radius 3 is 2.83 bits per heavy atom. The average Bonchev–Trinajstić information content (AvgIpc) is 2.53. The van der Waals surface area contributed by atoms with Crippen LogP contribution in [0.4, 0.5) is 11.6 Å². The minimum Gasteiger partial charge on any atom is -0.487 e. The first-order chi connectivity index (χ1) is 11.4. The first-order valence-corrected chi connectivity index (χ1v) is 7.20. The highest BCUT2D eigenvalue weighted by Gasteiger charge is 2.15. The number of hydrogen-bond acceptors (Lipinski definition) is 7. The van der Waals surface area contributed by atoms with Gasteiger partial charge in [0.2, 0.25) is 5.95 Å². The molecule has 1 aromatic heterocycles. The molecule has 0 saturated carbocycles. The number of ether oxygens (including phenoxy) is 1. The van der Waals surface area contributed by atoms with Crippen molar-refractivity contribution in [1.29, 1.82) is 0 Å². The maximum atomic E-state index is 11.6. The van der Waals surface area contributed by atoms with Crippen molar-refractivity contribution >= 4 is 17.9 Å². The number of anilines is 1. The molecule has 0 radical (unpaired) electrons. The Hall–Kier alpha value is -3.23. The van der Waals surface area contributed by atoms with Gasteiger partial charge in [0.1, 0.15) is 0 Å². The third-order valence-electron chi connectivity index (χ3n) is 3.26. The summed E-state index contributed by atoms with van der Waals surface area (Å²) in [5.41, 5.74) is 3.83. The Balaban J connectivity index is 2.19. The molecule has 0 aliphatic heterocycles. The van der Waals surface area contributed by atoms with E-state index in [1.807, 2.05) is 0 Å². The van der Waals surface area contributed by atoms with Crippen LogP contribution in [0.2, 0.25) is 0 Å². The van der Waals surface area contributed by atoms with Crippen LogP contribution >= 0.6 is 0 Å². The lowest BCUT2D eigenvalue weighted by Crippen LogP contribution is -2.15. The van der Waals surface area contributed by atoms with Gasteiger partial charge in [-0.15, -0.1) is 0 Å². The highest BCUT2D eigenvalue weighted by atomic mass is 16.6. The van der Waals surface area contributed by atoms with Crippen LogP contribution < -0.4 is 15.7 Å². The number of H-pyrrole nitrogens is 1. The molecule has 24 heavy (non-hydrogen) atoms. The third-order valence-corrected chi connectivity index (χ3v) is 3.26. The van der Waals surface area contributed by atoms with E-state index in [0.29, 0.717) is 23.4 Å². The molecule has 2 N–H and O–H groups in total. The van der Waals surface area contributed by atoms with Crippen molar-refractivity contribution in [3.05, 3.63) is 55.5 Å². The minimum atomic E-state index is -0.516. The second-order valence-corrected chi connectivity index (χ2v) is 4.91. The minimum absolute atomic E-state index is 0.140. The van der Waals surface area contributed by atoms with E-state index >= 15 is 0 Å². The first kappa shape index (κ1) is 17.1. The molecular weight excluding hydrogens is 314 g/mol. The molecule has 2 aromatic rings. The standard InChI is InChI=1S/C15H17N5O4/c1-4-24-13-6-5-11(7-12(13)20(22)23)8-16-19-15-17-10(3)9(2)14(21)18-15/h5-8H,4H2,1-3H3,(H2,17,18,19,21)/b16-8-. The van der Waals surface area contributed by atoms with Gasteiger partial charge in [0.05, 0.1) is 17.7 Å². The van der Waals surface area contributed by atoms with Gasteiger partial charge in [0, 0.05) is 22.9 Å². The summed E-state index contributed by atoms with van der Waals surface area (Å²) < 4.78 is 5.21. The van der Waals surface area contributed by atoms with E-state index in [2.05, 4.69) is 20.5 Å². The van der Waals surface area contributed by atoms with Gasteiger partial charge in [-0.25, -0.2) is 10.4 Å². The van der Waals surface area contributed by atoms with E-state index in [9.17, 15) is 14.9 Å². The summed E-state index contributed by atoms with van der Waals surface area (Å²) >= 11 is 0. The topological polar surface area (TPSA) is 123 Å². The number of rotatable bonds is 6. The molecular formula is C15H17N5O4. The van der Waals surface area contributed by atoms with E-state index in [4.69, 9.17) is 4.74 Å². The van der Waals surface area contributed by atoms with Gasteiger partial charge in [-0.3, -0.25) is 19.9 Å². The molecule has 126 valence electrons. The van der Waals surface area contributed by atoms with Gasteiger partial charge in [0.25, 0.3) is 5.56 Å². The number of aromatic nitrogens is 2. The molecule has 0 spiro atoms. The zero-order chi connectivity index (χ0) is 17.7. The largest absolute Gasteiger partial charge is 0.487 e. The van der Waals surface area contributed by atoms with Crippen LogP contribution in [0.25, 0.3) is 0 Å². The Morgan fingerprint density at radius 2 is 2.21 bits per heavy atom. The first-order valence-electron chi connectivity index (χ1n) is 7.20.